The molecule has 4 nitrogen and oxygen atoms in total. The van der Waals surface area contributed by atoms with E-state index in [2.05, 4.69) is 48.0 Å². The number of nitrogens with zero attached hydrogens (tertiary/aromatic N) is 2. The Morgan fingerprint density at radius 3 is 2.35 bits per heavy atom. The second kappa shape index (κ2) is 9.25. The van der Waals surface area contributed by atoms with Crippen molar-refractivity contribution in [2.45, 2.75) is 65.2 Å². The van der Waals surface area contributed by atoms with Crippen LogP contribution in [0.1, 0.15) is 70.8 Å². The van der Waals surface area contributed by atoms with Crippen molar-refractivity contribution in [1.82, 2.24) is 5.32 Å². The number of aliphatic imine (C=N–C) groups is 1. The van der Waals surface area contributed by atoms with E-state index in [9.17, 15) is 4.79 Å². The van der Waals surface area contributed by atoms with Gasteiger partial charge >= 0.3 is 0 Å². The SMILES string of the molecule is C=C1NC=C(C(=O)C2(C)CCCCC2)C1=N/C(=C\C)c1ccc(N2CCCCC2)cc1. The van der Waals surface area contributed by atoms with Crippen LogP contribution in [0.2, 0.25) is 0 Å². The van der Waals surface area contributed by atoms with E-state index in [-0.39, 0.29) is 11.2 Å². The molecule has 1 N–H and O–H groups in total. The van der Waals surface area contributed by atoms with Gasteiger partial charge in [-0.05, 0) is 56.7 Å². The molecule has 3 aliphatic rings. The van der Waals surface area contributed by atoms with Crippen molar-refractivity contribution in [3.05, 3.63) is 60.0 Å². The average Bonchev–Trinajstić information content (AvgIpc) is 3.18. The van der Waals surface area contributed by atoms with Gasteiger partial charge in [-0.25, -0.2) is 4.99 Å². The molecule has 2 heterocycles. The number of nitrogens with one attached hydrogen (secondary N) is 1. The summed E-state index contributed by atoms with van der Waals surface area (Å²) in [6.07, 6.45) is 13.1. The summed E-state index contributed by atoms with van der Waals surface area (Å²) in [5.74, 6) is 0.202. The lowest BCUT2D eigenvalue weighted by Gasteiger charge is -2.32. The Hall–Kier alpha value is -2.62. The zero-order valence-electron chi connectivity index (χ0n) is 19.0. The molecule has 2 aliphatic heterocycles. The van der Waals surface area contributed by atoms with Crippen LogP contribution in [0.5, 0.6) is 0 Å². The molecular weight excluding hydrogens is 382 g/mol. The highest BCUT2D eigenvalue weighted by molar-refractivity contribution is 6.31. The van der Waals surface area contributed by atoms with Crippen LogP contribution in [0.25, 0.3) is 5.70 Å². The lowest BCUT2D eigenvalue weighted by molar-refractivity contribution is -0.125. The highest BCUT2D eigenvalue weighted by atomic mass is 16.1. The lowest BCUT2D eigenvalue weighted by atomic mass is 9.70. The van der Waals surface area contributed by atoms with Crippen molar-refractivity contribution in [3.63, 3.8) is 0 Å². The molecule has 1 saturated carbocycles. The Balaban J connectivity index is 1.56. The van der Waals surface area contributed by atoms with Gasteiger partial charge in [0.05, 0.1) is 22.7 Å². The van der Waals surface area contributed by atoms with Crippen LogP contribution in [0.15, 0.2) is 59.4 Å². The number of rotatable bonds is 5. The van der Waals surface area contributed by atoms with Crippen molar-refractivity contribution < 1.29 is 4.79 Å². The van der Waals surface area contributed by atoms with Gasteiger partial charge in [0.25, 0.3) is 0 Å². The first-order chi connectivity index (χ1) is 15.0. The van der Waals surface area contributed by atoms with Gasteiger partial charge < -0.3 is 10.2 Å². The zero-order chi connectivity index (χ0) is 21.8. The van der Waals surface area contributed by atoms with Crippen LogP contribution in [0.3, 0.4) is 0 Å². The maximum atomic E-state index is 13.4. The van der Waals surface area contributed by atoms with Crippen LogP contribution in [0, 0.1) is 5.41 Å². The molecule has 0 amide bonds. The van der Waals surface area contributed by atoms with Crippen LogP contribution in [-0.4, -0.2) is 24.6 Å². The Morgan fingerprint density at radius 1 is 1.06 bits per heavy atom. The van der Waals surface area contributed by atoms with E-state index in [1.165, 1.54) is 31.4 Å². The third-order valence-corrected chi connectivity index (χ3v) is 7.07. The first-order valence-corrected chi connectivity index (χ1v) is 11.8. The molecule has 1 aliphatic carbocycles. The molecule has 164 valence electrons. The smallest absolute Gasteiger partial charge is 0.172 e. The van der Waals surface area contributed by atoms with Gasteiger partial charge in [-0.3, -0.25) is 4.79 Å². The van der Waals surface area contributed by atoms with Gasteiger partial charge in [-0.1, -0.05) is 51.0 Å². The molecule has 4 heteroatoms. The van der Waals surface area contributed by atoms with E-state index in [0.717, 1.165) is 50.0 Å². The minimum absolute atomic E-state index is 0.202. The number of Topliss-reactive ketones (excluding diaryl/α,β-unsaturated/α-hetero) is 1. The normalized spacial score (nSPS) is 23.0. The standard InChI is InChI=1S/C27H35N3O/c1-4-24(21-11-13-22(14-12-21)30-17-9-6-10-18-30)29-25-20(2)28-19-23(25)26(31)27(3)15-7-5-8-16-27/h4,11-14,19,28H,2,5-10,15-18H2,1,3H3/b24-4-,29-25?. The molecular formula is C27H35N3O. The van der Waals surface area contributed by atoms with E-state index in [1.807, 2.05) is 13.0 Å². The lowest BCUT2D eigenvalue weighted by Crippen LogP contribution is -2.33. The minimum atomic E-state index is -0.288. The number of carbonyl (C=O) groups excluding carboxylic acids is 1. The predicted molar refractivity (Wildman–Crippen MR) is 130 cm³/mol. The topological polar surface area (TPSA) is 44.7 Å². The summed E-state index contributed by atoms with van der Waals surface area (Å²) in [4.78, 5) is 20.8. The van der Waals surface area contributed by atoms with Gasteiger partial charge in [0, 0.05) is 30.4 Å². The second-order valence-electron chi connectivity index (χ2n) is 9.36. The fourth-order valence-electron chi connectivity index (χ4n) is 5.05. The maximum absolute atomic E-state index is 13.4. The summed E-state index contributed by atoms with van der Waals surface area (Å²) in [7, 11) is 0. The Bertz CT molecular complexity index is 924. The average molecular weight is 418 g/mol. The fraction of sp³-hybridized carbons (Fsp3) is 0.481. The van der Waals surface area contributed by atoms with Gasteiger partial charge in [0.15, 0.2) is 5.78 Å². The van der Waals surface area contributed by atoms with Crippen molar-refractivity contribution in [3.8, 4) is 0 Å². The van der Waals surface area contributed by atoms with E-state index >= 15 is 0 Å². The molecule has 0 aromatic heterocycles. The van der Waals surface area contributed by atoms with Crippen molar-refractivity contribution in [1.29, 1.82) is 0 Å². The fourth-order valence-corrected chi connectivity index (χ4v) is 5.05. The molecule has 0 bridgehead atoms. The summed E-state index contributed by atoms with van der Waals surface area (Å²) < 4.78 is 0. The molecule has 1 aromatic rings. The summed E-state index contributed by atoms with van der Waals surface area (Å²) in [5.41, 5.74) is 4.99. The molecule has 0 unspecified atom stereocenters. The zero-order valence-corrected chi connectivity index (χ0v) is 19.0. The van der Waals surface area contributed by atoms with Gasteiger partial charge in [0.1, 0.15) is 0 Å². The van der Waals surface area contributed by atoms with Crippen LogP contribution in [-0.2, 0) is 4.79 Å². The predicted octanol–water partition coefficient (Wildman–Crippen LogP) is 6.02. The molecule has 1 aromatic carbocycles. The minimum Gasteiger partial charge on any atom is -0.372 e. The molecule has 0 spiro atoms. The number of carbonyl (C=O) groups is 1. The molecule has 4 rings (SSSR count). The maximum Gasteiger partial charge on any atom is 0.172 e. The number of allylic oxidation sites excluding steroid dienone is 2. The van der Waals surface area contributed by atoms with Crippen molar-refractivity contribution in [2.24, 2.45) is 10.4 Å². The molecule has 2 fully saturated rings. The van der Waals surface area contributed by atoms with E-state index in [1.54, 1.807) is 6.20 Å². The first kappa shape index (κ1) is 21.6. The number of hydrogen-bond acceptors (Lipinski definition) is 4. The number of hydrogen-bond donors (Lipinski definition) is 1. The van der Waals surface area contributed by atoms with E-state index in [4.69, 9.17) is 4.99 Å². The number of anilines is 1. The summed E-state index contributed by atoms with van der Waals surface area (Å²) in [6, 6.07) is 8.66. The van der Waals surface area contributed by atoms with Gasteiger partial charge in [-0.2, -0.15) is 0 Å². The Morgan fingerprint density at radius 2 is 1.71 bits per heavy atom. The van der Waals surface area contributed by atoms with Crippen LogP contribution in [0.4, 0.5) is 5.69 Å². The molecule has 31 heavy (non-hydrogen) atoms. The van der Waals surface area contributed by atoms with Crippen LogP contribution < -0.4 is 10.2 Å². The van der Waals surface area contributed by atoms with E-state index in [0.29, 0.717) is 17.0 Å². The summed E-state index contributed by atoms with van der Waals surface area (Å²) in [6.45, 7) is 10.5. The third kappa shape index (κ3) is 4.53. The number of ketones is 1. The Kier molecular flexibility index (Phi) is 6.45. The molecule has 0 radical (unpaired) electrons. The quantitative estimate of drug-likeness (QED) is 0.637. The summed E-state index contributed by atoms with van der Waals surface area (Å²) >= 11 is 0. The van der Waals surface area contributed by atoms with Crippen molar-refractivity contribution >= 4 is 22.9 Å². The largest absolute Gasteiger partial charge is 0.372 e. The monoisotopic (exact) mass is 417 g/mol. The van der Waals surface area contributed by atoms with Gasteiger partial charge in [-0.15, -0.1) is 0 Å². The molecule has 1 saturated heterocycles. The third-order valence-electron chi connectivity index (χ3n) is 7.07. The first-order valence-electron chi connectivity index (χ1n) is 11.8. The van der Waals surface area contributed by atoms with E-state index < -0.39 is 0 Å². The number of piperidine rings is 1. The Labute approximate surface area is 186 Å². The molecule has 0 atom stereocenters. The number of benzene rings is 1. The second-order valence-corrected chi connectivity index (χ2v) is 9.36. The van der Waals surface area contributed by atoms with Gasteiger partial charge in [0.2, 0.25) is 0 Å². The van der Waals surface area contributed by atoms with Crippen LogP contribution >= 0.6 is 0 Å². The highest BCUT2D eigenvalue weighted by Gasteiger charge is 2.39. The van der Waals surface area contributed by atoms with Crippen molar-refractivity contribution in [2.75, 3.05) is 18.0 Å². The highest BCUT2D eigenvalue weighted by Crippen LogP contribution is 2.39. The summed E-state index contributed by atoms with van der Waals surface area (Å²) in [5, 5.41) is 3.15.